The van der Waals surface area contributed by atoms with E-state index in [1.807, 2.05) is 18.2 Å². The van der Waals surface area contributed by atoms with Gasteiger partial charge in [-0.2, -0.15) is 0 Å². The highest BCUT2D eigenvalue weighted by atomic mass is 32.1. The SMILES string of the molecule is COCc1c(C(=O)NCc2cccnc2N2CCN(C)CC2)sc2cccc(F)c12. The number of carbonyl (C=O) groups is 1. The van der Waals surface area contributed by atoms with Gasteiger partial charge in [0.25, 0.3) is 5.91 Å². The summed E-state index contributed by atoms with van der Waals surface area (Å²) >= 11 is 1.29. The molecule has 6 nitrogen and oxygen atoms in total. The number of pyridine rings is 1. The molecule has 0 spiro atoms. The van der Waals surface area contributed by atoms with Crippen molar-refractivity contribution >= 4 is 33.1 Å². The van der Waals surface area contributed by atoms with Crippen LogP contribution >= 0.6 is 11.3 Å². The molecule has 30 heavy (non-hydrogen) atoms. The van der Waals surface area contributed by atoms with Gasteiger partial charge in [0, 0.05) is 67.2 Å². The number of aromatic nitrogens is 1. The molecule has 4 rings (SSSR count). The minimum Gasteiger partial charge on any atom is -0.380 e. The summed E-state index contributed by atoms with van der Waals surface area (Å²) in [6, 6.07) is 8.76. The Hall–Kier alpha value is -2.55. The second-order valence-corrected chi connectivity index (χ2v) is 8.47. The van der Waals surface area contributed by atoms with Gasteiger partial charge in [0.15, 0.2) is 0 Å². The Labute approximate surface area is 179 Å². The molecule has 0 atom stereocenters. The molecule has 1 N–H and O–H groups in total. The Morgan fingerprint density at radius 2 is 2.03 bits per heavy atom. The van der Waals surface area contributed by atoms with Crippen molar-refractivity contribution in [3.63, 3.8) is 0 Å². The molecule has 0 aliphatic carbocycles. The standard InChI is InChI=1S/C22H25FN4O2S/c1-26-9-11-27(12-10-26)21-15(5-4-8-24-21)13-25-22(28)20-16(14-29-2)19-17(23)6-3-7-18(19)30-20/h3-8H,9-14H2,1-2H3,(H,25,28). The lowest BCUT2D eigenvalue weighted by Crippen LogP contribution is -2.45. The zero-order valence-corrected chi connectivity index (χ0v) is 18.0. The molecular formula is C22H25FN4O2S. The average Bonchev–Trinajstić information content (AvgIpc) is 3.13. The van der Waals surface area contributed by atoms with Gasteiger partial charge in [-0.25, -0.2) is 9.37 Å². The number of rotatable bonds is 6. The number of likely N-dealkylation sites (N-methyl/N-ethyl adjacent to an activating group) is 1. The van der Waals surface area contributed by atoms with E-state index < -0.39 is 0 Å². The molecule has 0 saturated carbocycles. The fourth-order valence-corrected chi connectivity index (χ4v) is 4.90. The summed E-state index contributed by atoms with van der Waals surface area (Å²) in [5, 5.41) is 3.47. The van der Waals surface area contributed by atoms with E-state index >= 15 is 0 Å². The van der Waals surface area contributed by atoms with Gasteiger partial charge in [0.2, 0.25) is 0 Å². The van der Waals surface area contributed by atoms with Gasteiger partial charge in [-0.15, -0.1) is 11.3 Å². The zero-order chi connectivity index (χ0) is 21.1. The van der Waals surface area contributed by atoms with E-state index in [2.05, 4.69) is 27.1 Å². The van der Waals surface area contributed by atoms with Crippen LogP contribution in [-0.2, 0) is 17.9 Å². The van der Waals surface area contributed by atoms with E-state index in [4.69, 9.17) is 4.74 Å². The molecule has 1 aromatic carbocycles. The third kappa shape index (κ3) is 4.16. The fraction of sp³-hybridized carbons (Fsp3) is 0.364. The first-order valence-electron chi connectivity index (χ1n) is 9.93. The molecule has 8 heteroatoms. The fourth-order valence-electron chi connectivity index (χ4n) is 3.76. The number of piperazine rings is 1. The molecule has 0 bridgehead atoms. The Bertz CT molecular complexity index is 1050. The summed E-state index contributed by atoms with van der Waals surface area (Å²) in [5.74, 6) is 0.348. The van der Waals surface area contributed by atoms with E-state index in [0.29, 0.717) is 22.4 Å². The maximum atomic E-state index is 14.4. The third-order valence-electron chi connectivity index (χ3n) is 5.37. The van der Waals surface area contributed by atoms with Crippen molar-refractivity contribution in [1.29, 1.82) is 0 Å². The summed E-state index contributed by atoms with van der Waals surface area (Å²) < 4.78 is 20.4. The number of amides is 1. The minimum atomic E-state index is -0.334. The molecule has 1 saturated heterocycles. The smallest absolute Gasteiger partial charge is 0.262 e. The largest absolute Gasteiger partial charge is 0.380 e. The van der Waals surface area contributed by atoms with Gasteiger partial charge in [-0.05, 0) is 25.2 Å². The molecular weight excluding hydrogens is 403 g/mol. The Balaban J connectivity index is 1.55. The Morgan fingerprint density at radius 1 is 1.23 bits per heavy atom. The van der Waals surface area contributed by atoms with Gasteiger partial charge in [-0.3, -0.25) is 4.79 Å². The maximum absolute atomic E-state index is 14.4. The van der Waals surface area contributed by atoms with Crippen molar-refractivity contribution in [2.24, 2.45) is 0 Å². The van der Waals surface area contributed by atoms with Crippen LogP contribution in [0.1, 0.15) is 20.8 Å². The predicted molar refractivity (Wildman–Crippen MR) is 118 cm³/mol. The molecule has 1 fully saturated rings. The quantitative estimate of drug-likeness (QED) is 0.653. The second kappa shape index (κ2) is 9.07. The van der Waals surface area contributed by atoms with Crippen molar-refractivity contribution in [2.75, 3.05) is 45.2 Å². The average molecular weight is 429 g/mol. The van der Waals surface area contributed by atoms with Crippen LogP contribution in [0.4, 0.5) is 10.2 Å². The van der Waals surface area contributed by atoms with Crippen molar-refractivity contribution in [3.05, 3.63) is 58.3 Å². The summed E-state index contributed by atoms with van der Waals surface area (Å²) in [6.45, 7) is 4.32. The number of fused-ring (bicyclic) bond motifs is 1. The lowest BCUT2D eigenvalue weighted by molar-refractivity contribution is 0.0950. The first kappa shape index (κ1) is 20.7. The number of benzene rings is 1. The van der Waals surface area contributed by atoms with Crippen molar-refractivity contribution in [2.45, 2.75) is 13.2 Å². The van der Waals surface area contributed by atoms with Gasteiger partial charge in [0.05, 0.1) is 11.5 Å². The number of carbonyl (C=O) groups excluding carboxylic acids is 1. The van der Waals surface area contributed by atoms with E-state index in [0.717, 1.165) is 42.3 Å². The molecule has 1 aliphatic rings. The summed E-state index contributed by atoms with van der Waals surface area (Å²) in [6.07, 6.45) is 1.78. The summed E-state index contributed by atoms with van der Waals surface area (Å²) in [7, 11) is 3.66. The van der Waals surface area contributed by atoms with Crippen LogP contribution < -0.4 is 10.2 Å². The lowest BCUT2D eigenvalue weighted by Gasteiger charge is -2.34. The molecule has 3 aromatic rings. The van der Waals surface area contributed by atoms with E-state index in [-0.39, 0.29) is 18.3 Å². The van der Waals surface area contributed by atoms with Crippen LogP contribution in [0.5, 0.6) is 0 Å². The van der Waals surface area contributed by atoms with E-state index in [1.165, 1.54) is 17.4 Å². The third-order valence-corrected chi connectivity index (χ3v) is 6.56. The number of halogens is 1. The van der Waals surface area contributed by atoms with Crippen LogP contribution in [0.15, 0.2) is 36.5 Å². The highest BCUT2D eigenvalue weighted by molar-refractivity contribution is 7.21. The Morgan fingerprint density at radius 3 is 2.80 bits per heavy atom. The minimum absolute atomic E-state index is 0.184. The number of ether oxygens (including phenoxy) is 1. The predicted octanol–water partition coefficient (Wildman–Crippen LogP) is 3.26. The van der Waals surface area contributed by atoms with Crippen LogP contribution in [0.25, 0.3) is 10.1 Å². The van der Waals surface area contributed by atoms with Gasteiger partial charge < -0.3 is 19.9 Å². The summed E-state index contributed by atoms with van der Waals surface area (Å²) in [4.78, 5) is 22.6. The zero-order valence-electron chi connectivity index (χ0n) is 17.2. The Kier molecular flexibility index (Phi) is 6.26. The topological polar surface area (TPSA) is 57.7 Å². The molecule has 1 aliphatic heterocycles. The van der Waals surface area contributed by atoms with Crippen molar-refractivity contribution in [1.82, 2.24) is 15.2 Å². The van der Waals surface area contributed by atoms with Crippen LogP contribution in [0, 0.1) is 5.82 Å². The highest BCUT2D eigenvalue weighted by Gasteiger charge is 2.22. The maximum Gasteiger partial charge on any atom is 0.262 e. The number of methoxy groups -OCH3 is 1. The summed E-state index contributed by atoms with van der Waals surface area (Å²) in [5.41, 5.74) is 1.56. The molecule has 0 radical (unpaired) electrons. The molecule has 0 unspecified atom stereocenters. The van der Waals surface area contributed by atoms with Gasteiger partial charge >= 0.3 is 0 Å². The molecule has 1 amide bonds. The molecule has 158 valence electrons. The monoisotopic (exact) mass is 428 g/mol. The van der Waals surface area contributed by atoms with Crippen LogP contribution in [0.2, 0.25) is 0 Å². The number of hydrogen-bond donors (Lipinski definition) is 1. The molecule has 3 heterocycles. The van der Waals surface area contributed by atoms with E-state index in [1.54, 1.807) is 19.4 Å². The van der Waals surface area contributed by atoms with Crippen LogP contribution in [-0.4, -0.2) is 56.1 Å². The first-order chi connectivity index (χ1) is 14.6. The molecule has 2 aromatic heterocycles. The van der Waals surface area contributed by atoms with Crippen molar-refractivity contribution < 1.29 is 13.9 Å². The van der Waals surface area contributed by atoms with Crippen molar-refractivity contribution in [3.8, 4) is 0 Å². The number of nitrogens with one attached hydrogen (secondary N) is 1. The van der Waals surface area contributed by atoms with Gasteiger partial charge in [0.1, 0.15) is 11.6 Å². The highest BCUT2D eigenvalue weighted by Crippen LogP contribution is 2.34. The van der Waals surface area contributed by atoms with Crippen LogP contribution in [0.3, 0.4) is 0 Å². The lowest BCUT2D eigenvalue weighted by atomic mass is 10.1. The van der Waals surface area contributed by atoms with E-state index in [9.17, 15) is 9.18 Å². The van der Waals surface area contributed by atoms with Gasteiger partial charge in [-0.1, -0.05) is 12.1 Å². The number of anilines is 1. The number of hydrogen-bond acceptors (Lipinski definition) is 6. The number of thiophene rings is 1. The number of nitrogens with zero attached hydrogens (tertiary/aromatic N) is 3. The second-order valence-electron chi connectivity index (χ2n) is 7.41. The first-order valence-corrected chi connectivity index (χ1v) is 10.7. The normalized spacial score (nSPS) is 15.0.